The highest BCUT2D eigenvalue weighted by atomic mass is 16.2. The number of aromatic nitrogens is 2. The smallest absolute Gasteiger partial charge is 0.272 e. The Hall–Kier alpha value is -3.41. The zero-order valence-electron chi connectivity index (χ0n) is 19.7. The van der Waals surface area contributed by atoms with Gasteiger partial charge in [-0.1, -0.05) is 54.1 Å². The lowest BCUT2D eigenvalue weighted by Gasteiger charge is -2.24. The van der Waals surface area contributed by atoms with Crippen molar-refractivity contribution in [3.63, 3.8) is 0 Å². The van der Waals surface area contributed by atoms with Crippen molar-refractivity contribution in [1.82, 2.24) is 19.4 Å². The number of rotatable bonds is 6. The van der Waals surface area contributed by atoms with Gasteiger partial charge in [0, 0.05) is 32.7 Å². The first-order chi connectivity index (χ1) is 16.0. The molecular weight excluding hydrogens is 412 g/mol. The second kappa shape index (κ2) is 10.0. The number of nitrogens with zero attached hydrogens (tertiary/aromatic N) is 4. The van der Waals surface area contributed by atoms with Crippen molar-refractivity contribution in [2.45, 2.75) is 33.7 Å². The number of likely N-dealkylation sites (N-methyl/N-ethyl adjacent to an activating group) is 1. The molecule has 4 rings (SSSR count). The molecule has 0 radical (unpaired) electrons. The Balaban J connectivity index is 1.63. The Morgan fingerprint density at radius 2 is 1.79 bits per heavy atom. The van der Waals surface area contributed by atoms with Crippen LogP contribution in [-0.2, 0) is 17.8 Å². The van der Waals surface area contributed by atoms with Crippen LogP contribution in [0.2, 0.25) is 0 Å². The summed E-state index contributed by atoms with van der Waals surface area (Å²) in [6.45, 7) is 8.89. The number of carbonyl (C=O) groups is 2. The molecule has 2 aromatic carbocycles. The summed E-state index contributed by atoms with van der Waals surface area (Å²) in [6.07, 6.45) is 3.90. The number of imidazole rings is 1. The molecule has 1 aliphatic heterocycles. The Kier molecular flexibility index (Phi) is 6.92. The maximum Gasteiger partial charge on any atom is 0.272 e. The highest BCUT2D eigenvalue weighted by molar-refractivity contribution is 5.93. The average Bonchev–Trinajstić information content (AvgIpc) is 3.26. The van der Waals surface area contributed by atoms with Crippen LogP contribution in [0.4, 0.5) is 0 Å². The first-order valence-electron chi connectivity index (χ1n) is 11.7. The minimum Gasteiger partial charge on any atom is -0.341 e. The highest BCUT2D eigenvalue weighted by Crippen LogP contribution is 2.28. The summed E-state index contributed by atoms with van der Waals surface area (Å²) >= 11 is 0. The molecule has 1 aliphatic rings. The van der Waals surface area contributed by atoms with Gasteiger partial charge in [0.05, 0.1) is 18.4 Å². The van der Waals surface area contributed by atoms with Crippen LogP contribution in [0, 0.1) is 12.8 Å². The molecule has 0 N–H and O–H groups in total. The molecule has 0 aliphatic carbocycles. The van der Waals surface area contributed by atoms with Crippen molar-refractivity contribution in [2.24, 2.45) is 5.92 Å². The van der Waals surface area contributed by atoms with Gasteiger partial charge < -0.3 is 14.4 Å². The van der Waals surface area contributed by atoms with Crippen molar-refractivity contribution in [2.75, 3.05) is 26.2 Å². The quantitative estimate of drug-likeness (QED) is 0.577. The monoisotopic (exact) mass is 444 g/mol. The van der Waals surface area contributed by atoms with Crippen LogP contribution in [0.15, 0.2) is 61.1 Å². The van der Waals surface area contributed by atoms with Gasteiger partial charge in [0.2, 0.25) is 5.91 Å². The normalized spacial score (nSPS) is 16.7. The van der Waals surface area contributed by atoms with Crippen molar-refractivity contribution in [3.8, 4) is 11.1 Å². The molecule has 1 saturated heterocycles. The number of aryl methyl sites for hydroxylation is 2. The van der Waals surface area contributed by atoms with Crippen molar-refractivity contribution >= 4 is 11.8 Å². The molecule has 1 aromatic heterocycles. The van der Waals surface area contributed by atoms with Gasteiger partial charge in [0.1, 0.15) is 5.69 Å². The first kappa shape index (κ1) is 22.8. The molecule has 3 aromatic rings. The van der Waals surface area contributed by atoms with Gasteiger partial charge in [-0.15, -0.1) is 0 Å². The molecule has 1 fully saturated rings. The van der Waals surface area contributed by atoms with E-state index in [1.165, 1.54) is 5.56 Å². The van der Waals surface area contributed by atoms with Gasteiger partial charge in [-0.2, -0.15) is 0 Å². The fourth-order valence-corrected chi connectivity index (χ4v) is 4.59. The van der Waals surface area contributed by atoms with Crippen LogP contribution in [0.25, 0.3) is 11.1 Å². The van der Waals surface area contributed by atoms with E-state index in [4.69, 9.17) is 0 Å². The molecule has 0 saturated carbocycles. The molecule has 6 nitrogen and oxygen atoms in total. The summed E-state index contributed by atoms with van der Waals surface area (Å²) in [6, 6.07) is 16.7. The lowest BCUT2D eigenvalue weighted by Crippen LogP contribution is -2.38. The third kappa shape index (κ3) is 4.85. The van der Waals surface area contributed by atoms with Gasteiger partial charge in [-0.3, -0.25) is 9.59 Å². The molecule has 1 atom stereocenters. The number of amides is 2. The van der Waals surface area contributed by atoms with E-state index < -0.39 is 0 Å². The summed E-state index contributed by atoms with van der Waals surface area (Å²) in [4.78, 5) is 34.6. The van der Waals surface area contributed by atoms with E-state index in [-0.39, 0.29) is 17.7 Å². The van der Waals surface area contributed by atoms with E-state index in [0.29, 0.717) is 44.8 Å². The lowest BCUT2D eigenvalue weighted by molar-refractivity contribution is -0.134. The molecule has 33 heavy (non-hydrogen) atoms. The molecule has 2 heterocycles. The first-order valence-corrected chi connectivity index (χ1v) is 11.7. The Labute approximate surface area is 195 Å². The van der Waals surface area contributed by atoms with Crippen LogP contribution in [0.5, 0.6) is 0 Å². The predicted octanol–water partition coefficient (Wildman–Crippen LogP) is 4.04. The minimum atomic E-state index is -0.291. The van der Waals surface area contributed by atoms with Crippen LogP contribution in [-0.4, -0.2) is 57.3 Å². The van der Waals surface area contributed by atoms with Gasteiger partial charge in [0.25, 0.3) is 5.91 Å². The maximum absolute atomic E-state index is 13.4. The van der Waals surface area contributed by atoms with Crippen molar-refractivity contribution in [3.05, 3.63) is 77.9 Å². The number of hydrogen-bond donors (Lipinski definition) is 0. The third-order valence-electron chi connectivity index (χ3n) is 6.53. The maximum atomic E-state index is 13.4. The van der Waals surface area contributed by atoms with Crippen LogP contribution in [0.3, 0.4) is 0 Å². The van der Waals surface area contributed by atoms with Gasteiger partial charge >= 0.3 is 0 Å². The Morgan fingerprint density at radius 3 is 2.52 bits per heavy atom. The van der Waals surface area contributed by atoms with E-state index in [1.54, 1.807) is 12.5 Å². The van der Waals surface area contributed by atoms with Gasteiger partial charge in [-0.25, -0.2) is 4.98 Å². The third-order valence-corrected chi connectivity index (χ3v) is 6.53. The zero-order valence-corrected chi connectivity index (χ0v) is 19.7. The SMILES string of the molecule is CCN1CCN(C(=O)c2cncn2CC)C[C@H](Cc2ccccc2-c2ccc(C)cc2)C1=O. The van der Waals surface area contributed by atoms with Gasteiger partial charge in [-0.05, 0) is 43.9 Å². The molecule has 6 heteroatoms. The fourth-order valence-electron chi connectivity index (χ4n) is 4.59. The molecule has 0 unspecified atom stereocenters. The van der Waals surface area contributed by atoms with Crippen molar-refractivity contribution in [1.29, 1.82) is 0 Å². The zero-order chi connectivity index (χ0) is 23.4. The van der Waals surface area contributed by atoms with E-state index >= 15 is 0 Å². The second-order valence-electron chi connectivity index (χ2n) is 8.66. The largest absolute Gasteiger partial charge is 0.341 e. The van der Waals surface area contributed by atoms with E-state index in [9.17, 15) is 9.59 Å². The minimum absolute atomic E-state index is 0.0584. The van der Waals surface area contributed by atoms with Crippen molar-refractivity contribution < 1.29 is 9.59 Å². The molecule has 0 bridgehead atoms. The molecular formula is C27H32N4O2. The fraction of sp³-hybridized carbons (Fsp3) is 0.370. The number of benzene rings is 2. The summed E-state index contributed by atoms with van der Waals surface area (Å²) in [5.74, 6) is -0.228. The summed E-state index contributed by atoms with van der Waals surface area (Å²) < 4.78 is 1.86. The number of carbonyl (C=O) groups excluding carboxylic acids is 2. The van der Waals surface area contributed by atoms with E-state index in [1.807, 2.05) is 40.3 Å². The standard InChI is InChI=1S/C27H32N4O2/c1-4-29-14-15-31(27(33)25-17-28-19-30(25)5-2)18-23(26(29)32)16-22-8-6-7-9-24(22)21-12-10-20(3)11-13-21/h6-13,17,19,23H,4-5,14-16,18H2,1-3H3/t23-/m0/s1. The average molecular weight is 445 g/mol. The Morgan fingerprint density at radius 1 is 1.03 bits per heavy atom. The van der Waals surface area contributed by atoms with Crippen LogP contribution < -0.4 is 0 Å². The summed E-state index contributed by atoms with van der Waals surface area (Å²) in [5.41, 5.74) is 5.20. The van der Waals surface area contributed by atoms with Crippen LogP contribution in [0.1, 0.15) is 35.5 Å². The lowest BCUT2D eigenvalue weighted by atomic mass is 9.91. The summed E-state index contributed by atoms with van der Waals surface area (Å²) in [7, 11) is 0. The van der Waals surface area contributed by atoms with E-state index in [0.717, 1.165) is 16.7 Å². The molecule has 0 spiro atoms. The second-order valence-corrected chi connectivity index (χ2v) is 8.66. The molecule has 2 amide bonds. The number of hydrogen-bond acceptors (Lipinski definition) is 3. The highest BCUT2D eigenvalue weighted by Gasteiger charge is 2.33. The van der Waals surface area contributed by atoms with E-state index in [2.05, 4.69) is 48.3 Å². The molecule has 172 valence electrons. The van der Waals surface area contributed by atoms with Crippen LogP contribution >= 0.6 is 0 Å². The topological polar surface area (TPSA) is 58.4 Å². The summed E-state index contributed by atoms with van der Waals surface area (Å²) in [5, 5.41) is 0. The predicted molar refractivity (Wildman–Crippen MR) is 130 cm³/mol. The van der Waals surface area contributed by atoms with Gasteiger partial charge in [0.15, 0.2) is 0 Å². The Bertz CT molecular complexity index is 1120.